The van der Waals surface area contributed by atoms with E-state index in [-0.39, 0.29) is 6.29 Å². The first-order chi connectivity index (χ1) is 6.84. The third-order valence-corrected chi connectivity index (χ3v) is 4.44. The minimum absolute atomic E-state index is 0.0399. The van der Waals surface area contributed by atoms with E-state index in [0.717, 1.165) is 11.8 Å². The molecule has 0 spiro atoms. The molecule has 0 radical (unpaired) electrons. The lowest BCUT2D eigenvalue weighted by atomic mass is 9.65. The van der Waals surface area contributed by atoms with Gasteiger partial charge in [0.05, 0.1) is 0 Å². The van der Waals surface area contributed by atoms with Gasteiger partial charge in [-0.1, -0.05) is 25.7 Å². The molecule has 2 atom stereocenters. The molecule has 0 aromatic carbocycles. The van der Waals surface area contributed by atoms with Crippen LogP contribution in [-0.2, 0) is 0 Å². The highest BCUT2D eigenvalue weighted by Crippen LogP contribution is 2.42. The Morgan fingerprint density at radius 3 is 2.00 bits per heavy atom. The van der Waals surface area contributed by atoms with Crippen LogP contribution in [0.4, 0.5) is 0 Å². The lowest BCUT2D eigenvalue weighted by molar-refractivity contribution is 0.0386. The van der Waals surface area contributed by atoms with Crippen LogP contribution in [0.2, 0.25) is 0 Å². The fourth-order valence-electron chi connectivity index (χ4n) is 3.95. The molecule has 0 aromatic heterocycles. The van der Waals surface area contributed by atoms with Crippen molar-refractivity contribution in [1.82, 2.24) is 10.6 Å². The minimum atomic E-state index is 0.0399. The zero-order valence-electron chi connectivity index (χ0n) is 8.71. The lowest BCUT2D eigenvalue weighted by Crippen LogP contribution is -2.69. The molecule has 3 rings (SSSR count). The molecule has 1 aliphatic heterocycles. The second-order valence-corrected chi connectivity index (χ2v) is 5.22. The molecule has 3 heteroatoms. The van der Waals surface area contributed by atoms with E-state index in [1.165, 1.54) is 38.5 Å². The summed E-state index contributed by atoms with van der Waals surface area (Å²) in [4.78, 5) is 0. The van der Waals surface area contributed by atoms with Gasteiger partial charge in [-0.25, -0.2) is 0 Å². The zero-order valence-corrected chi connectivity index (χ0v) is 8.71. The normalized spacial score (nSPS) is 52.5. The van der Waals surface area contributed by atoms with E-state index in [4.69, 9.17) is 5.73 Å². The molecule has 0 bridgehead atoms. The minimum Gasteiger partial charge on any atom is -0.304 e. The molecule has 2 aliphatic carbocycles. The van der Waals surface area contributed by atoms with Crippen molar-refractivity contribution in [3.63, 3.8) is 0 Å². The molecular formula is C11H21N3. The van der Waals surface area contributed by atoms with E-state index in [2.05, 4.69) is 10.6 Å². The number of nitrogens with two attached hydrogens (primary N) is 1. The Labute approximate surface area is 85.8 Å². The van der Waals surface area contributed by atoms with E-state index in [0.29, 0.717) is 12.1 Å². The summed E-state index contributed by atoms with van der Waals surface area (Å²) in [6, 6.07) is 1.41. The molecule has 0 amide bonds. The topological polar surface area (TPSA) is 50.1 Å². The van der Waals surface area contributed by atoms with Crippen LogP contribution in [0, 0.1) is 11.8 Å². The maximum atomic E-state index is 5.96. The Balaban J connectivity index is 1.82. The van der Waals surface area contributed by atoms with Crippen molar-refractivity contribution in [2.75, 3.05) is 0 Å². The van der Waals surface area contributed by atoms with Gasteiger partial charge in [0.1, 0.15) is 6.29 Å². The van der Waals surface area contributed by atoms with Crippen molar-refractivity contribution in [2.45, 2.75) is 56.9 Å². The summed E-state index contributed by atoms with van der Waals surface area (Å²) in [5.74, 6) is 1.84. The van der Waals surface area contributed by atoms with Gasteiger partial charge in [-0.3, -0.25) is 10.6 Å². The standard InChI is InChI=1S/C11H21N3/c12-11-13-8-5-1-3-7-4-2-6-9(14-11)10(7)8/h7-11,13-14H,1-6,12H2. The van der Waals surface area contributed by atoms with Crippen LogP contribution < -0.4 is 16.4 Å². The van der Waals surface area contributed by atoms with Gasteiger partial charge in [-0.2, -0.15) is 0 Å². The molecule has 80 valence electrons. The molecule has 3 nitrogen and oxygen atoms in total. The summed E-state index contributed by atoms with van der Waals surface area (Å²) in [6.07, 6.45) is 8.43. The third-order valence-electron chi connectivity index (χ3n) is 4.44. The highest BCUT2D eigenvalue weighted by Gasteiger charge is 2.44. The summed E-state index contributed by atoms with van der Waals surface area (Å²) in [5, 5.41) is 7.03. The predicted molar refractivity (Wildman–Crippen MR) is 56.5 cm³/mol. The van der Waals surface area contributed by atoms with Crippen molar-refractivity contribution in [2.24, 2.45) is 17.6 Å². The monoisotopic (exact) mass is 195 g/mol. The number of nitrogens with one attached hydrogen (secondary N) is 2. The van der Waals surface area contributed by atoms with Gasteiger partial charge in [-0.15, -0.1) is 0 Å². The summed E-state index contributed by atoms with van der Waals surface area (Å²) in [6.45, 7) is 0. The molecule has 4 N–H and O–H groups in total. The summed E-state index contributed by atoms with van der Waals surface area (Å²) in [5.41, 5.74) is 5.96. The van der Waals surface area contributed by atoms with Crippen LogP contribution in [-0.4, -0.2) is 18.4 Å². The van der Waals surface area contributed by atoms with Gasteiger partial charge < -0.3 is 5.73 Å². The molecule has 3 aliphatic rings. The summed E-state index contributed by atoms with van der Waals surface area (Å²) < 4.78 is 0. The molecular weight excluding hydrogens is 174 g/mol. The Kier molecular flexibility index (Phi) is 2.26. The van der Waals surface area contributed by atoms with Gasteiger partial charge in [0.2, 0.25) is 0 Å². The first kappa shape index (κ1) is 9.13. The average Bonchev–Trinajstić information content (AvgIpc) is 2.18. The molecule has 2 saturated carbocycles. The van der Waals surface area contributed by atoms with Crippen molar-refractivity contribution in [1.29, 1.82) is 0 Å². The Bertz CT molecular complexity index is 199. The largest absolute Gasteiger partial charge is 0.304 e. The van der Waals surface area contributed by atoms with E-state index in [1.807, 2.05) is 0 Å². The van der Waals surface area contributed by atoms with Gasteiger partial charge in [0.15, 0.2) is 0 Å². The average molecular weight is 195 g/mol. The van der Waals surface area contributed by atoms with Crippen LogP contribution in [0.1, 0.15) is 38.5 Å². The van der Waals surface area contributed by atoms with E-state index < -0.39 is 0 Å². The number of hydrogen-bond donors (Lipinski definition) is 3. The van der Waals surface area contributed by atoms with E-state index >= 15 is 0 Å². The fraction of sp³-hybridized carbons (Fsp3) is 1.00. The lowest BCUT2D eigenvalue weighted by Gasteiger charge is -2.51. The van der Waals surface area contributed by atoms with Crippen LogP contribution in [0.15, 0.2) is 0 Å². The Hall–Kier alpha value is -0.120. The highest BCUT2D eigenvalue weighted by molar-refractivity contribution is 5.00. The van der Waals surface area contributed by atoms with Gasteiger partial charge in [-0.05, 0) is 24.7 Å². The van der Waals surface area contributed by atoms with Crippen LogP contribution >= 0.6 is 0 Å². The summed E-state index contributed by atoms with van der Waals surface area (Å²) >= 11 is 0. The second-order valence-electron chi connectivity index (χ2n) is 5.22. The SMILES string of the molecule is NC1NC2CCCC3CCCC(N1)C32. The summed E-state index contributed by atoms with van der Waals surface area (Å²) in [7, 11) is 0. The number of hydrogen-bond acceptors (Lipinski definition) is 3. The van der Waals surface area contributed by atoms with Crippen LogP contribution in [0.25, 0.3) is 0 Å². The zero-order chi connectivity index (χ0) is 9.54. The quantitative estimate of drug-likeness (QED) is 0.535. The molecule has 1 heterocycles. The molecule has 1 saturated heterocycles. The van der Waals surface area contributed by atoms with Crippen molar-refractivity contribution in [3.05, 3.63) is 0 Å². The number of rotatable bonds is 0. The third kappa shape index (κ3) is 1.38. The van der Waals surface area contributed by atoms with Crippen molar-refractivity contribution < 1.29 is 0 Å². The van der Waals surface area contributed by atoms with E-state index in [9.17, 15) is 0 Å². The molecule has 14 heavy (non-hydrogen) atoms. The Morgan fingerprint density at radius 2 is 1.43 bits per heavy atom. The van der Waals surface area contributed by atoms with Crippen LogP contribution in [0.3, 0.4) is 0 Å². The smallest absolute Gasteiger partial charge is 0.109 e. The molecule has 0 aromatic rings. The second kappa shape index (κ2) is 3.47. The van der Waals surface area contributed by atoms with Gasteiger partial charge in [0.25, 0.3) is 0 Å². The first-order valence-electron chi connectivity index (χ1n) is 6.12. The van der Waals surface area contributed by atoms with Crippen molar-refractivity contribution >= 4 is 0 Å². The maximum absolute atomic E-state index is 5.96. The van der Waals surface area contributed by atoms with Crippen LogP contribution in [0.5, 0.6) is 0 Å². The molecule has 3 fully saturated rings. The molecule has 2 unspecified atom stereocenters. The first-order valence-corrected chi connectivity index (χ1v) is 6.12. The van der Waals surface area contributed by atoms with Gasteiger partial charge in [0, 0.05) is 12.1 Å². The highest BCUT2D eigenvalue weighted by atomic mass is 15.3. The predicted octanol–water partition coefficient (Wildman–Crippen LogP) is 0.759. The fourth-order valence-corrected chi connectivity index (χ4v) is 3.95. The van der Waals surface area contributed by atoms with Crippen molar-refractivity contribution in [3.8, 4) is 0 Å². The van der Waals surface area contributed by atoms with Gasteiger partial charge >= 0.3 is 0 Å². The Morgan fingerprint density at radius 1 is 0.857 bits per heavy atom. The van der Waals surface area contributed by atoms with E-state index in [1.54, 1.807) is 0 Å². The maximum Gasteiger partial charge on any atom is 0.109 e.